The third-order valence-corrected chi connectivity index (χ3v) is 2.63. The molecule has 2 aliphatic rings. The quantitative estimate of drug-likeness (QED) is 0.363. The lowest BCUT2D eigenvalue weighted by Crippen LogP contribution is -2.06. The van der Waals surface area contributed by atoms with Crippen LogP contribution in [0.15, 0.2) is 0 Å². The largest absolute Gasteiger partial charge is 0.168 e. The van der Waals surface area contributed by atoms with E-state index in [1.807, 2.05) is 0 Å². The number of halogens is 2. The summed E-state index contributed by atoms with van der Waals surface area (Å²) in [4.78, 5) is 0. The summed E-state index contributed by atoms with van der Waals surface area (Å²) in [5.41, 5.74) is 0. The van der Waals surface area contributed by atoms with Crippen LogP contribution in [-0.4, -0.2) is 14.8 Å². The highest BCUT2D eigenvalue weighted by molar-refractivity contribution is 7.18. The van der Waals surface area contributed by atoms with Crippen molar-refractivity contribution in [1.82, 2.24) is 0 Å². The van der Waals surface area contributed by atoms with Crippen LogP contribution in [-0.2, 0) is 0 Å². The number of fused-ring (bicyclic) bond motifs is 2. The summed E-state index contributed by atoms with van der Waals surface area (Å²) in [5.74, 6) is 2.34. The summed E-state index contributed by atoms with van der Waals surface area (Å²) in [7, 11) is -2.28. The van der Waals surface area contributed by atoms with Crippen molar-refractivity contribution in [3.63, 3.8) is 0 Å². The lowest BCUT2D eigenvalue weighted by molar-refractivity contribution is 0.480. The van der Waals surface area contributed by atoms with Crippen molar-refractivity contribution in [3.8, 4) is 0 Å². The zero-order chi connectivity index (χ0) is 13.7. The molecule has 2 fully saturated rings. The molecule has 2 bridgehead atoms. The minimum absolute atomic E-state index is 1.14. The summed E-state index contributed by atoms with van der Waals surface area (Å²) in [6.07, 6.45) is 7.82. The summed E-state index contributed by atoms with van der Waals surface area (Å²) in [6, 6.07) is 0. The molecule has 4 heteroatoms. The fourth-order valence-electron chi connectivity index (χ4n) is 2.17. The average molecular weight is 313 g/mol. The minimum atomic E-state index is -1.14. The SMILES string of the molecule is C1CC2CCC1C2.C[Si](C)(C)Cl.C[Si](C)(C)Cl. The monoisotopic (exact) mass is 312 g/mol. The minimum Gasteiger partial charge on any atom is -0.168 e. The first-order chi connectivity index (χ1) is 7.45. The van der Waals surface area contributed by atoms with Gasteiger partial charge < -0.3 is 0 Å². The van der Waals surface area contributed by atoms with E-state index in [-0.39, 0.29) is 0 Å². The molecule has 0 amide bonds. The number of hydrogen-bond acceptors (Lipinski definition) is 0. The highest BCUT2D eigenvalue weighted by atomic mass is 35.6. The molecular formula is C13H30Cl2Si2. The van der Waals surface area contributed by atoms with Gasteiger partial charge in [0.05, 0.1) is 0 Å². The zero-order valence-electron chi connectivity index (χ0n) is 12.4. The fraction of sp³-hybridized carbons (Fsp3) is 1.00. The molecular weight excluding hydrogens is 283 g/mol. The molecule has 0 atom stereocenters. The number of rotatable bonds is 0. The molecule has 0 heterocycles. The van der Waals surface area contributed by atoms with E-state index in [0.717, 1.165) is 0 Å². The maximum atomic E-state index is 5.67. The van der Waals surface area contributed by atoms with Crippen molar-refractivity contribution in [2.24, 2.45) is 11.8 Å². The molecule has 0 saturated heterocycles. The van der Waals surface area contributed by atoms with Gasteiger partial charge in [0.25, 0.3) is 0 Å². The van der Waals surface area contributed by atoms with Gasteiger partial charge >= 0.3 is 0 Å². The van der Waals surface area contributed by atoms with E-state index in [0.29, 0.717) is 0 Å². The Balaban J connectivity index is 0.000000235. The third kappa shape index (κ3) is 17.0. The molecule has 0 nitrogen and oxygen atoms in total. The van der Waals surface area contributed by atoms with Crippen LogP contribution in [0.2, 0.25) is 39.3 Å². The maximum Gasteiger partial charge on any atom is 0.147 e. The van der Waals surface area contributed by atoms with E-state index in [1.54, 1.807) is 32.1 Å². The van der Waals surface area contributed by atoms with E-state index >= 15 is 0 Å². The van der Waals surface area contributed by atoms with E-state index < -0.39 is 14.8 Å². The molecule has 17 heavy (non-hydrogen) atoms. The Labute approximate surface area is 120 Å². The van der Waals surface area contributed by atoms with Crippen molar-refractivity contribution in [2.75, 3.05) is 0 Å². The average Bonchev–Trinajstić information content (AvgIpc) is 2.57. The second kappa shape index (κ2) is 7.57. The predicted molar refractivity (Wildman–Crippen MR) is 88.5 cm³/mol. The Morgan fingerprint density at radius 2 is 0.824 bits per heavy atom. The maximum absolute atomic E-state index is 5.67. The first-order valence-corrected chi connectivity index (χ1v) is 15.9. The van der Waals surface area contributed by atoms with Gasteiger partial charge in [0, 0.05) is 0 Å². The van der Waals surface area contributed by atoms with Crippen molar-refractivity contribution in [1.29, 1.82) is 0 Å². The molecule has 2 aliphatic carbocycles. The molecule has 0 aromatic rings. The second-order valence-electron chi connectivity index (χ2n) is 7.26. The van der Waals surface area contributed by atoms with Crippen molar-refractivity contribution in [3.05, 3.63) is 0 Å². The molecule has 0 aromatic carbocycles. The molecule has 0 aliphatic heterocycles. The Kier molecular flexibility index (Phi) is 8.02. The van der Waals surface area contributed by atoms with Gasteiger partial charge in [-0.15, -0.1) is 0 Å². The van der Waals surface area contributed by atoms with Gasteiger partial charge in [-0.2, -0.15) is 22.2 Å². The van der Waals surface area contributed by atoms with Gasteiger partial charge in [0.15, 0.2) is 0 Å². The van der Waals surface area contributed by atoms with E-state index in [9.17, 15) is 0 Å². The number of hydrogen-bond donors (Lipinski definition) is 0. The zero-order valence-corrected chi connectivity index (χ0v) is 16.0. The molecule has 0 N–H and O–H groups in total. The molecule has 0 unspecified atom stereocenters. The van der Waals surface area contributed by atoms with Gasteiger partial charge in [-0.1, -0.05) is 65.0 Å². The van der Waals surface area contributed by atoms with E-state index in [4.69, 9.17) is 22.2 Å². The normalized spacial score (nSPS) is 26.8. The van der Waals surface area contributed by atoms with Crippen LogP contribution >= 0.6 is 22.2 Å². The molecule has 104 valence electrons. The van der Waals surface area contributed by atoms with Crippen LogP contribution in [0.3, 0.4) is 0 Å². The summed E-state index contributed by atoms with van der Waals surface area (Å²) < 4.78 is 0. The second-order valence-corrected chi connectivity index (χ2v) is 22.3. The standard InChI is InChI=1S/C7H12.2C3H9ClSi/c1-2-7-4-3-6(1)5-7;2*1-5(2,3)4/h6-7H,1-5H2;2*1-3H3. The van der Waals surface area contributed by atoms with Gasteiger partial charge in [-0.25, -0.2) is 0 Å². The van der Waals surface area contributed by atoms with Crippen molar-refractivity contribution >= 4 is 36.9 Å². The summed E-state index contributed by atoms with van der Waals surface area (Å²) in [6.45, 7) is 12.6. The smallest absolute Gasteiger partial charge is 0.147 e. The highest BCUT2D eigenvalue weighted by Gasteiger charge is 2.30. The predicted octanol–water partition coefficient (Wildman–Crippen LogP) is 6.32. The van der Waals surface area contributed by atoms with Crippen LogP contribution in [0, 0.1) is 11.8 Å². The summed E-state index contributed by atoms with van der Waals surface area (Å²) in [5, 5.41) is 0. The Bertz CT molecular complexity index is 164. The van der Waals surface area contributed by atoms with Crippen LogP contribution in [0.25, 0.3) is 0 Å². The summed E-state index contributed by atoms with van der Waals surface area (Å²) >= 11 is 11.3. The molecule has 2 saturated carbocycles. The van der Waals surface area contributed by atoms with Gasteiger partial charge in [-0.3, -0.25) is 0 Å². The van der Waals surface area contributed by atoms with E-state index in [1.165, 1.54) is 11.8 Å². The van der Waals surface area contributed by atoms with Gasteiger partial charge in [0.2, 0.25) is 0 Å². The van der Waals surface area contributed by atoms with Crippen LogP contribution in [0.5, 0.6) is 0 Å². The molecule has 0 spiro atoms. The lowest BCUT2D eigenvalue weighted by atomic mass is 10.0. The van der Waals surface area contributed by atoms with Crippen LogP contribution in [0.4, 0.5) is 0 Å². The molecule has 0 radical (unpaired) electrons. The van der Waals surface area contributed by atoms with Crippen molar-refractivity contribution in [2.45, 2.75) is 71.4 Å². The van der Waals surface area contributed by atoms with Crippen molar-refractivity contribution < 1.29 is 0 Å². The molecule has 2 rings (SSSR count). The molecule has 0 aromatic heterocycles. The first-order valence-electron chi connectivity index (χ1n) is 6.83. The fourth-order valence-corrected chi connectivity index (χ4v) is 2.17. The topological polar surface area (TPSA) is 0 Å². The Morgan fingerprint density at radius 1 is 0.647 bits per heavy atom. The van der Waals surface area contributed by atoms with Gasteiger partial charge in [0.1, 0.15) is 14.8 Å². The third-order valence-electron chi connectivity index (χ3n) is 2.63. The Hall–Kier alpha value is 1.01. The van der Waals surface area contributed by atoms with E-state index in [2.05, 4.69) is 39.3 Å². The lowest BCUT2D eigenvalue weighted by Gasteiger charge is -2.05. The first kappa shape index (κ1) is 18.0. The Morgan fingerprint density at radius 3 is 0.882 bits per heavy atom. The van der Waals surface area contributed by atoms with Crippen LogP contribution < -0.4 is 0 Å². The highest BCUT2D eigenvalue weighted by Crippen LogP contribution is 2.43. The van der Waals surface area contributed by atoms with Gasteiger partial charge in [-0.05, 0) is 18.3 Å². The van der Waals surface area contributed by atoms with Crippen LogP contribution in [0.1, 0.15) is 32.1 Å².